The molecule has 1 rings (SSSR count). The van der Waals surface area contributed by atoms with Crippen LogP contribution in [0.15, 0.2) is 12.1 Å². The van der Waals surface area contributed by atoms with Gasteiger partial charge in [0.15, 0.2) is 5.15 Å². The smallest absolute Gasteiger partial charge is 0.408 e. The van der Waals surface area contributed by atoms with Crippen LogP contribution in [0.25, 0.3) is 0 Å². The minimum Gasteiger partial charge on any atom is -0.444 e. The minimum atomic E-state index is -0.749. The quantitative estimate of drug-likeness (QED) is 0.815. The molecule has 0 saturated heterocycles. The molecule has 0 radical (unpaired) electrons. The highest BCUT2D eigenvalue weighted by Crippen LogP contribution is 2.21. The highest BCUT2D eigenvalue weighted by molar-refractivity contribution is 6.34. The summed E-state index contributed by atoms with van der Waals surface area (Å²) in [5.74, 6) is -0.417. The number of halogens is 2. The fourth-order valence-electron chi connectivity index (χ4n) is 1.53. The van der Waals surface area contributed by atoms with Crippen LogP contribution >= 0.6 is 23.2 Å². The van der Waals surface area contributed by atoms with E-state index in [-0.39, 0.29) is 10.3 Å². The lowest BCUT2D eigenvalue weighted by Gasteiger charge is -2.22. The van der Waals surface area contributed by atoms with Gasteiger partial charge in [-0.3, -0.25) is 4.79 Å². The van der Waals surface area contributed by atoms with Crippen molar-refractivity contribution in [1.82, 2.24) is 10.3 Å². The molecule has 1 aromatic heterocycles. The second kappa shape index (κ2) is 7.65. The second-order valence-corrected chi connectivity index (χ2v) is 6.31. The average Bonchev–Trinajstić information content (AvgIpc) is 2.37. The van der Waals surface area contributed by atoms with Crippen LogP contribution in [0.1, 0.15) is 34.1 Å². The Kier molecular flexibility index (Phi) is 6.44. The summed E-state index contributed by atoms with van der Waals surface area (Å²) < 4.78 is 5.12. The van der Waals surface area contributed by atoms with Gasteiger partial charge in [-0.2, -0.15) is 0 Å². The van der Waals surface area contributed by atoms with E-state index in [1.54, 1.807) is 27.7 Å². The second-order valence-electron chi connectivity index (χ2n) is 5.57. The molecule has 0 aliphatic carbocycles. The van der Waals surface area contributed by atoms with Gasteiger partial charge in [0.25, 0.3) is 0 Å². The first kappa shape index (κ1) is 18.5. The molecule has 0 bridgehead atoms. The molecule has 0 spiro atoms. The standard InChI is InChI=1S/C14H19Cl2N3O3/c1-5-8(18-13(21)22-14(2,3)4)12(20)17-9-6-7-10(15)19-11(9)16/h6-8H,5H2,1-4H3,(H,17,20)(H,18,21). The van der Waals surface area contributed by atoms with E-state index in [1.807, 2.05) is 0 Å². The van der Waals surface area contributed by atoms with Gasteiger partial charge in [0.1, 0.15) is 16.8 Å². The van der Waals surface area contributed by atoms with Crippen molar-refractivity contribution in [2.24, 2.45) is 0 Å². The molecule has 1 unspecified atom stereocenters. The van der Waals surface area contributed by atoms with Crippen molar-refractivity contribution >= 4 is 40.9 Å². The molecule has 8 heteroatoms. The number of pyridine rings is 1. The van der Waals surface area contributed by atoms with Gasteiger partial charge in [0.2, 0.25) is 5.91 Å². The molecule has 122 valence electrons. The number of ether oxygens (including phenoxy) is 1. The third-order valence-electron chi connectivity index (χ3n) is 2.49. The number of carbonyl (C=O) groups is 2. The number of hydrogen-bond acceptors (Lipinski definition) is 4. The number of carbonyl (C=O) groups excluding carboxylic acids is 2. The Morgan fingerprint density at radius 1 is 1.32 bits per heavy atom. The normalized spacial score (nSPS) is 12.5. The van der Waals surface area contributed by atoms with Crippen molar-refractivity contribution in [3.8, 4) is 0 Å². The fraction of sp³-hybridized carbons (Fsp3) is 0.500. The lowest BCUT2D eigenvalue weighted by Crippen LogP contribution is -2.45. The first-order valence-electron chi connectivity index (χ1n) is 6.75. The molecule has 0 aliphatic heterocycles. The van der Waals surface area contributed by atoms with Gasteiger partial charge in [0, 0.05) is 0 Å². The summed E-state index contributed by atoms with van der Waals surface area (Å²) in [7, 11) is 0. The maximum absolute atomic E-state index is 12.2. The number of rotatable bonds is 4. The SMILES string of the molecule is CCC(NC(=O)OC(C)(C)C)C(=O)Nc1ccc(Cl)nc1Cl. The number of anilines is 1. The molecule has 0 saturated carbocycles. The molecular formula is C14H19Cl2N3O3. The molecule has 0 aliphatic rings. The van der Waals surface area contributed by atoms with Crippen LogP contribution < -0.4 is 10.6 Å². The van der Waals surface area contributed by atoms with Crippen LogP contribution in [-0.4, -0.2) is 28.6 Å². The van der Waals surface area contributed by atoms with Gasteiger partial charge in [-0.25, -0.2) is 9.78 Å². The van der Waals surface area contributed by atoms with E-state index in [4.69, 9.17) is 27.9 Å². The van der Waals surface area contributed by atoms with Gasteiger partial charge in [-0.05, 0) is 39.3 Å². The van der Waals surface area contributed by atoms with Crippen molar-refractivity contribution in [1.29, 1.82) is 0 Å². The molecular weight excluding hydrogens is 329 g/mol. The monoisotopic (exact) mass is 347 g/mol. The van der Waals surface area contributed by atoms with Crippen molar-refractivity contribution in [2.45, 2.75) is 45.8 Å². The Hall–Kier alpha value is -1.53. The van der Waals surface area contributed by atoms with Crippen LogP contribution in [0.3, 0.4) is 0 Å². The molecule has 2 N–H and O–H groups in total. The molecule has 1 atom stereocenters. The number of aromatic nitrogens is 1. The van der Waals surface area contributed by atoms with Crippen molar-refractivity contribution in [2.75, 3.05) is 5.32 Å². The molecule has 1 heterocycles. The average molecular weight is 348 g/mol. The van der Waals surface area contributed by atoms with Gasteiger partial charge in [0.05, 0.1) is 5.69 Å². The third-order valence-corrected chi connectivity index (χ3v) is 2.99. The fourth-order valence-corrected chi connectivity index (χ4v) is 1.92. The van der Waals surface area contributed by atoms with E-state index in [1.165, 1.54) is 12.1 Å². The first-order chi connectivity index (χ1) is 10.1. The third kappa shape index (κ3) is 6.07. The highest BCUT2D eigenvalue weighted by atomic mass is 35.5. The summed E-state index contributed by atoms with van der Waals surface area (Å²) in [6, 6.07) is 2.29. The number of nitrogens with zero attached hydrogens (tertiary/aromatic N) is 1. The van der Waals surface area contributed by atoms with E-state index >= 15 is 0 Å². The van der Waals surface area contributed by atoms with Gasteiger partial charge in [-0.15, -0.1) is 0 Å². The van der Waals surface area contributed by atoms with E-state index in [2.05, 4.69) is 15.6 Å². The lowest BCUT2D eigenvalue weighted by molar-refractivity contribution is -0.118. The largest absolute Gasteiger partial charge is 0.444 e. The Bertz CT molecular complexity index is 559. The summed E-state index contributed by atoms with van der Waals surface area (Å²) in [4.78, 5) is 27.7. The predicted molar refractivity (Wildman–Crippen MR) is 86.3 cm³/mol. The number of hydrogen-bond donors (Lipinski definition) is 2. The number of nitrogens with one attached hydrogen (secondary N) is 2. The topological polar surface area (TPSA) is 80.3 Å². The van der Waals surface area contributed by atoms with Crippen LogP contribution in [0, 0.1) is 0 Å². The first-order valence-corrected chi connectivity index (χ1v) is 7.50. The summed E-state index contributed by atoms with van der Waals surface area (Å²) >= 11 is 11.6. The maximum atomic E-state index is 12.2. The zero-order chi connectivity index (χ0) is 16.9. The van der Waals surface area contributed by atoms with Crippen LogP contribution in [0.2, 0.25) is 10.3 Å². The predicted octanol–water partition coefficient (Wildman–Crippen LogP) is 3.63. The van der Waals surface area contributed by atoms with Crippen molar-refractivity contribution in [3.05, 3.63) is 22.4 Å². The summed E-state index contributed by atoms with van der Waals surface area (Å²) in [5.41, 5.74) is -0.317. The number of alkyl carbamates (subject to hydrolysis) is 1. The van der Waals surface area contributed by atoms with Gasteiger partial charge in [-0.1, -0.05) is 30.1 Å². The van der Waals surface area contributed by atoms with Crippen LogP contribution in [-0.2, 0) is 9.53 Å². The maximum Gasteiger partial charge on any atom is 0.408 e. The van der Waals surface area contributed by atoms with Crippen molar-refractivity contribution in [3.63, 3.8) is 0 Å². The van der Waals surface area contributed by atoms with Crippen LogP contribution in [0.4, 0.5) is 10.5 Å². The van der Waals surface area contributed by atoms with Gasteiger partial charge >= 0.3 is 6.09 Å². The summed E-state index contributed by atoms with van der Waals surface area (Å²) in [6.07, 6.45) is -0.265. The zero-order valence-electron chi connectivity index (χ0n) is 12.9. The van der Waals surface area contributed by atoms with E-state index in [0.29, 0.717) is 12.1 Å². The molecule has 2 amide bonds. The zero-order valence-corrected chi connectivity index (χ0v) is 14.4. The highest BCUT2D eigenvalue weighted by Gasteiger charge is 2.23. The Morgan fingerprint density at radius 2 is 1.95 bits per heavy atom. The molecule has 1 aromatic rings. The lowest BCUT2D eigenvalue weighted by atomic mass is 10.2. The van der Waals surface area contributed by atoms with E-state index < -0.39 is 23.6 Å². The molecule has 6 nitrogen and oxygen atoms in total. The van der Waals surface area contributed by atoms with Gasteiger partial charge < -0.3 is 15.4 Å². The minimum absolute atomic E-state index is 0.0768. The Labute approximate surface area is 139 Å². The Morgan fingerprint density at radius 3 is 2.45 bits per heavy atom. The molecule has 0 aromatic carbocycles. The van der Waals surface area contributed by atoms with Crippen molar-refractivity contribution < 1.29 is 14.3 Å². The number of amides is 2. The Balaban J connectivity index is 2.70. The summed E-state index contributed by atoms with van der Waals surface area (Å²) in [5, 5.41) is 5.41. The molecule has 0 fully saturated rings. The summed E-state index contributed by atoms with van der Waals surface area (Å²) in [6.45, 7) is 7.00. The molecule has 22 heavy (non-hydrogen) atoms. The van der Waals surface area contributed by atoms with E-state index in [0.717, 1.165) is 0 Å². The van der Waals surface area contributed by atoms with E-state index in [9.17, 15) is 9.59 Å². The van der Waals surface area contributed by atoms with Crippen LogP contribution in [0.5, 0.6) is 0 Å².